The average Bonchev–Trinajstić information content (AvgIpc) is 2.77. The van der Waals surface area contributed by atoms with Gasteiger partial charge in [-0.1, -0.05) is 12.1 Å². The molecule has 3 aromatic rings. The molecular weight excluding hydrogens is 436 g/mol. The number of ether oxygens (including phenoxy) is 1. The second-order valence-corrected chi connectivity index (χ2v) is 9.15. The number of aromatic nitrogens is 3. The van der Waals surface area contributed by atoms with E-state index in [1.165, 1.54) is 17.6 Å². The van der Waals surface area contributed by atoms with Crippen molar-refractivity contribution in [2.75, 3.05) is 49.2 Å². The molecule has 3 heterocycles. The summed E-state index contributed by atoms with van der Waals surface area (Å²) < 4.78 is 30.5. The summed E-state index contributed by atoms with van der Waals surface area (Å²) in [6.07, 6.45) is 4.52. The molecule has 0 radical (unpaired) electrons. The Balaban J connectivity index is 0.00000272. The minimum Gasteiger partial charge on any atom is -0.374 e. The van der Waals surface area contributed by atoms with Gasteiger partial charge in [-0.05, 0) is 18.2 Å². The van der Waals surface area contributed by atoms with Crippen LogP contribution >= 0.6 is 13.5 Å². The third kappa shape index (κ3) is 5.42. The smallest absolute Gasteiger partial charge is 0.231 e. The van der Waals surface area contributed by atoms with Gasteiger partial charge in [0.15, 0.2) is 5.82 Å². The number of fused-ring (bicyclic) bond motifs is 1. The Morgan fingerprint density at radius 2 is 1.97 bits per heavy atom. The summed E-state index contributed by atoms with van der Waals surface area (Å²) in [5.74, 6) is 0.641. The van der Waals surface area contributed by atoms with E-state index in [-0.39, 0.29) is 19.6 Å². The monoisotopic (exact) mass is 462 g/mol. The Bertz CT molecular complexity index is 1140. The molecule has 0 saturated carbocycles. The van der Waals surface area contributed by atoms with Crippen molar-refractivity contribution in [2.24, 2.45) is 0 Å². The van der Waals surface area contributed by atoms with Gasteiger partial charge in [-0.2, -0.15) is 13.5 Å². The van der Waals surface area contributed by atoms with E-state index >= 15 is 0 Å². The van der Waals surface area contributed by atoms with E-state index in [0.717, 1.165) is 29.9 Å². The van der Waals surface area contributed by atoms with Crippen LogP contribution in [0.15, 0.2) is 42.7 Å². The van der Waals surface area contributed by atoms with E-state index in [0.29, 0.717) is 30.2 Å². The van der Waals surface area contributed by atoms with Crippen molar-refractivity contribution in [1.29, 1.82) is 0 Å². The molecule has 9 nitrogen and oxygen atoms in total. The van der Waals surface area contributed by atoms with Gasteiger partial charge in [-0.15, -0.1) is 0 Å². The van der Waals surface area contributed by atoms with Crippen molar-refractivity contribution in [3.05, 3.63) is 42.7 Å². The standard InChI is InChI=1S/C20H24N6O3S.H2S/c1-26(30(2,27)28)15-5-3-14(4-6-15)17-11-18-19(23-8-7-22-18)20(25-17)24-13-16-12-21-9-10-29-16;/h3-8,11,16,21H,9-10,12-13H2,1-2H3,(H,24,25);1H2. The zero-order chi connectivity index (χ0) is 21.1. The predicted molar refractivity (Wildman–Crippen MR) is 127 cm³/mol. The Morgan fingerprint density at radius 1 is 1.23 bits per heavy atom. The topological polar surface area (TPSA) is 109 Å². The maximum atomic E-state index is 11.8. The highest BCUT2D eigenvalue weighted by molar-refractivity contribution is 7.92. The van der Waals surface area contributed by atoms with Crippen LogP contribution in [-0.4, -0.2) is 69.0 Å². The maximum absolute atomic E-state index is 11.8. The number of nitrogens with one attached hydrogen (secondary N) is 2. The zero-order valence-electron chi connectivity index (χ0n) is 17.4. The third-order valence-electron chi connectivity index (χ3n) is 4.98. The number of nitrogens with zero attached hydrogens (tertiary/aromatic N) is 4. The highest BCUT2D eigenvalue weighted by Crippen LogP contribution is 2.27. The highest BCUT2D eigenvalue weighted by Gasteiger charge is 2.16. The molecule has 1 fully saturated rings. The molecule has 166 valence electrons. The SMILES string of the molecule is CN(c1ccc(-c2cc3nccnc3c(NCC3CNCCO3)n2)cc1)S(C)(=O)=O.S. The zero-order valence-corrected chi connectivity index (χ0v) is 19.2. The molecule has 2 aromatic heterocycles. The molecule has 2 N–H and O–H groups in total. The van der Waals surface area contributed by atoms with Gasteiger partial charge >= 0.3 is 0 Å². The van der Waals surface area contributed by atoms with E-state index < -0.39 is 10.0 Å². The van der Waals surface area contributed by atoms with Gasteiger partial charge in [0, 0.05) is 44.6 Å². The molecular formula is C20H26N6O3S2. The Labute approximate surface area is 188 Å². The molecule has 0 amide bonds. The Morgan fingerprint density at radius 3 is 2.65 bits per heavy atom. The van der Waals surface area contributed by atoms with Gasteiger partial charge in [0.25, 0.3) is 0 Å². The van der Waals surface area contributed by atoms with E-state index in [1.54, 1.807) is 24.5 Å². The number of rotatable bonds is 6. The Hall–Kier alpha value is -2.47. The molecule has 0 bridgehead atoms. The molecule has 0 spiro atoms. The minimum atomic E-state index is -3.31. The van der Waals surface area contributed by atoms with Crippen LogP contribution in [0.25, 0.3) is 22.3 Å². The minimum absolute atomic E-state index is 0. The summed E-state index contributed by atoms with van der Waals surface area (Å²) in [7, 11) is -1.79. The molecule has 11 heteroatoms. The molecule has 1 unspecified atom stereocenters. The lowest BCUT2D eigenvalue weighted by molar-refractivity contribution is 0.0372. The first-order chi connectivity index (χ1) is 14.4. The second kappa shape index (κ2) is 9.77. The summed E-state index contributed by atoms with van der Waals surface area (Å²) in [5.41, 5.74) is 3.58. The van der Waals surface area contributed by atoms with E-state index in [9.17, 15) is 8.42 Å². The number of hydrogen-bond donors (Lipinski definition) is 2. The van der Waals surface area contributed by atoms with Crippen LogP contribution in [-0.2, 0) is 14.8 Å². The molecule has 4 rings (SSSR count). The molecule has 1 saturated heterocycles. The first-order valence-electron chi connectivity index (χ1n) is 9.64. The normalized spacial score (nSPS) is 16.5. The van der Waals surface area contributed by atoms with Crippen molar-refractivity contribution < 1.29 is 13.2 Å². The van der Waals surface area contributed by atoms with Gasteiger partial charge in [-0.3, -0.25) is 9.29 Å². The summed E-state index contributed by atoms with van der Waals surface area (Å²) in [6, 6.07) is 9.08. The molecule has 31 heavy (non-hydrogen) atoms. The summed E-state index contributed by atoms with van der Waals surface area (Å²) in [5, 5.41) is 6.66. The van der Waals surface area contributed by atoms with Gasteiger partial charge in [0.2, 0.25) is 10.0 Å². The predicted octanol–water partition coefficient (Wildman–Crippen LogP) is 1.60. The van der Waals surface area contributed by atoms with Crippen LogP contribution in [0.2, 0.25) is 0 Å². The fraction of sp³-hybridized carbons (Fsp3) is 0.350. The van der Waals surface area contributed by atoms with Crippen LogP contribution in [0.3, 0.4) is 0 Å². The molecule has 1 atom stereocenters. The van der Waals surface area contributed by atoms with Crippen LogP contribution in [0.4, 0.5) is 11.5 Å². The lowest BCUT2D eigenvalue weighted by atomic mass is 10.1. The Kier molecular flexibility index (Phi) is 7.31. The largest absolute Gasteiger partial charge is 0.374 e. The quantitative estimate of drug-likeness (QED) is 0.569. The fourth-order valence-electron chi connectivity index (χ4n) is 3.24. The molecule has 1 aromatic carbocycles. The van der Waals surface area contributed by atoms with Crippen LogP contribution in [0.5, 0.6) is 0 Å². The lowest BCUT2D eigenvalue weighted by Crippen LogP contribution is -2.42. The fourth-order valence-corrected chi connectivity index (χ4v) is 3.74. The third-order valence-corrected chi connectivity index (χ3v) is 6.19. The van der Waals surface area contributed by atoms with Crippen molar-refractivity contribution >= 4 is 46.1 Å². The maximum Gasteiger partial charge on any atom is 0.231 e. The van der Waals surface area contributed by atoms with E-state index in [4.69, 9.17) is 9.72 Å². The lowest BCUT2D eigenvalue weighted by Gasteiger charge is -2.24. The molecule has 0 aliphatic carbocycles. The number of hydrogen-bond acceptors (Lipinski definition) is 8. The van der Waals surface area contributed by atoms with Gasteiger partial charge in [-0.25, -0.2) is 18.4 Å². The van der Waals surface area contributed by atoms with Crippen LogP contribution in [0, 0.1) is 0 Å². The van der Waals surface area contributed by atoms with Crippen molar-refractivity contribution in [1.82, 2.24) is 20.3 Å². The highest BCUT2D eigenvalue weighted by atomic mass is 32.2. The van der Waals surface area contributed by atoms with Gasteiger partial charge in [0.1, 0.15) is 5.52 Å². The van der Waals surface area contributed by atoms with Crippen molar-refractivity contribution in [3.8, 4) is 11.3 Å². The first-order valence-corrected chi connectivity index (χ1v) is 11.5. The summed E-state index contributed by atoms with van der Waals surface area (Å²) in [6.45, 7) is 2.94. The van der Waals surface area contributed by atoms with E-state index in [2.05, 4.69) is 20.6 Å². The number of sulfonamides is 1. The second-order valence-electron chi connectivity index (χ2n) is 7.14. The average molecular weight is 463 g/mol. The van der Waals surface area contributed by atoms with Crippen LogP contribution in [0.1, 0.15) is 0 Å². The number of pyridine rings is 1. The number of anilines is 2. The van der Waals surface area contributed by atoms with Gasteiger partial charge < -0.3 is 15.4 Å². The van der Waals surface area contributed by atoms with Gasteiger partial charge in [0.05, 0.1) is 35.9 Å². The number of benzene rings is 1. The first kappa shape index (κ1) is 23.2. The molecule has 1 aliphatic heterocycles. The van der Waals surface area contributed by atoms with E-state index in [1.807, 2.05) is 18.2 Å². The van der Waals surface area contributed by atoms with Crippen molar-refractivity contribution in [2.45, 2.75) is 6.10 Å². The summed E-state index contributed by atoms with van der Waals surface area (Å²) in [4.78, 5) is 13.6. The molecule has 1 aliphatic rings. The summed E-state index contributed by atoms with van der Waals surface area (Å²) >= 11 is 0. The van der Waals surface area contributed by atoms with Crippen LogP contribution < -0.4 is 14.9 Å². The van der Waals surface area contributed by atoms with Crippen molar-refractivity contribution in [3.63, 3.8) is 0 Å². The number of morpholine rings is 1.